The molecule has 2 aliphatic rings. The first-order valence-corrected chi connectivity index (χ1v) is 6.94. The monoisotopic (exact) mass is 265 g/mol. The maximum atomic E-state index is 12.8. The Kier molecular flexibility index (Phi) is 3.61. The van der Waals surface area contributed by atoms with Gasteiger partial charge in [-0.25, -0.2) is 14.4 Å². The van der Waals surface area contributed by atoms with Crippen molar-refractivity contribution in [1.82, 2.24) is 14.9 Å². The number of hydrogen-bond acceptors (Lipinski definition) is 5. The predicted octanol–water partition coefficient (Wildman–Crippen LogP) is 0.617. The van der Waals surface area contributed by atoms with Crippen LogP contribution in [0.3, 0.4) is 0 Å². The lowest BCUT2D eigenvalue weighted by atomic mass is 10.0. The minimum atomic E-state index is -0.385. The SMILES string of the molecule is NC1CCN(C2CCN(c3ncc(F)cn3)C2)CC1. The normalized spacial score (nSPS) is 26.0. The molecule has 0 radical (unpaired) electrons. The summed E-state index contributed by atoms with van der Waals surface area (Å²) >= 11 is 0. The fourth-order valence-electron chi connectivity index (χ4n) is 2.97. The van der Waals surface area contributed by atoms with Crippen LogP contribution in [0.15, 0.2) is 12.4 Å². The fourth-order valence-corrected chi connectivity index (χ4v) is 2.97. The average molecular weight is 265 g/mol. The smallest absolute Gasteiger partial charge is 0.225 e. The molecule has 0 bridgehead atoms. The highest BCUT2D eigenvalue weighted by molar-refractivity contribution is 5.31. The lowest BCUT2D eigenvalue weighted by Crippen LogP contribution is -2.46. The Hall–Kier alpha value is -1.27. The third kappa shape index (κ3) is 2.84. The van der Waals surface area contributed by atoms with Crippen molar-refractivity contribution in [1.29, 1.82) is 0 Å². The van der Waals surface area contributed by atoms with Crippen LogP contribution in [0.5, 0.6) is 0 Å². The molecule has 6 heteroatoms. The topological polar surface area (TPSA) is 58.3 Å². The van der Waals surface area contributed by atoms with Gasteiger partial charge in [0.2, 0.25) is 5.95 Å². The molecular formula is C13H20FN5. The molecule has 3 heterocycles. The zero-order valence-corrected chi connectivity index (χ0v) is 11.0. The van der Waals surface area contributed by atoms with E-state index >= 15 is 0 Å². The van der Waals surface area contributed by atoms with Crippen molar-refractivity contribution in [3.8, 4) is 0 Å². The van der Waals surface area contributed by atoms with Crippen LogP contribution < -0.4 is 10.6 Å². The maximum absolute atomic E-state index is 12.8. The van der Waals surface area contributed by atoms with Crippen LogP contribution >= 0.6 is 0 Å². The number of piperidine rings is 1. The van der Waals surface area contributed by atoms with Crippen molar-refractivity contribution in [3.05, 3.63) is 18.2 Å². The van der Waals surface area contributed by atoms with Crippen molar-refractivity contribution in [3.63, 3.8) is 0 Å². The second-order valence-corrected chi connectivity index (χ2v) is 5.46. The second kappa shape index (κ2) is 5.38. The maximum Gasteiger partial charge on any atom is 0.225 e. The van der Waals surface area contributed by atoms with Gasteiger partial charge in [-0.3, -0.25) is 4.90 Å². The molecule has 5 nitrogen and oxygen atoms in total. The highest BCUT2D eigenvalue weighted by Gasteiger charge is 2.30. The molecule has 0 aromatic carbocycles. The zero-order valence-electron chi connectivity index (χ0n) is 11.0. The van der Waals surface area contributed by atoms with Gasteiger partial charge in [-0.2, -0.15) is 0 Å². The van der Waals surface area contributed by atoms with E-state index in [1.165, 1.54) is 12.4 Å². The second-order valence-electron chi connectivity index (χ2n) is 5.46. The van der Waals surface area contributed by atoms with Crippen LogP contribution in [0.2, 0.25) is 0 Å². The molecule has 2 fully saturated rings. The van der Waals surface area contributed by atoms with Crippen LogP contribution in [-0.2, 0) is 0 Å². The Morgan fingerprint density at radius 3 is 2.47 bits per heavy atom. The molecule has 19 heavy (non-hydrogen) atoms. The predicted molar refractivity (Wildman–Crippen MR) is 71.4 cm³/mol. The molecule has 1 aromatic heterocycles. The summed E-state index contributed by atoms with van der Waals surface area (Å²) in [6.07, 6.45) is 5.76. The van der Waals surface area contributed by atoms with Crippen molar-refractivity contribution < 1.29 is 4.39 Å². The summed E-state index contributed by atoms with van der Waals surface area (Å²) in [5.41, 5.74) is 5.94. The number of aromatic nitrogens is 2. The molecule has 0 aliphatic carbocycles. The molecule has 104 valence electrons. The highest BCUT2D eigenvalue weighted by Crippen LogP contribution is 2.22. The molecule has 2 aliphatic heterocycles. The van der Waals surface area contributed by atoms with E-state index in [0.717, 1.165) is 45.4 Å². The first-order valence-electron chi connectivity index (χ1n) is 6.94. The molecule has 0 amide bonds. The Labute approximate surface area is 112 Å². The summed E-state index contributed by atoms with van der Waals surface area (Å²) in [6, 6.07) is 0.926. The van der Waals surface area contributed by atoms with E-state index < -0.39 is 0 Å². The quantitative estimate of drug-likeness (QED) is 0.849. The Bertz CT molecular complexity index is 416. The standard InChI is InChI=1S/C13H20FN5/c14-10-7-16-13(17-8-10)19-6-3-12(9-19)18-4-1-11(15)2-5-18/h7-8,11-12H,1-6,9,15H2. The molecule has 2 N–H and O–H groups in total. The summed E-state index contributed by atoms with van der Waals surface area (Å²) in [5, 5.41) is 0. The first-order chi connectivity index (χ1) is 9.22. The van der Waals surface area contributed by atoms with Gasteiger partial charge in [-0.15, -0.1) is 0 Å². The number of rotatable bonds is 2. The zero-order chi connectivity index (χ0) is 13.2. The molecule has 2 saturated heterocycles. The van der Waals surface area contributed by atoms with E-state index in [1.54, 1.807) is 0 Å². The van der Waals surface area contributed by atoms with Crippen LogP contribution in [0, 0.1) is 5.82 Å². The van der Waals surface area contributed by atoms with Gasteiger partial charge in [0.05, 0.1) is 12.4 Å². The molecule has 1 unspecified atom stereocenters. The lowest BCUT2D eigenvalue weighted by Gasteiger charge is -2.34. The van der Waals surface area contributed by atoms with Gasteiger partial charge in [-0.1, -0.05) is 0 Å². The number of anilines is 1. The minimum absolute atomic E-state index is 0.370. The number of likely N-dealkylation sites (tertiary alicyclic amines) is 1. The van der Waals surface area contributed by atoms with E-state index in [2.05, 4.69) is 19.8 Å². The summed E-state index contributed by atoms with van der Waals surface area (Å²) in [7, 11) is 0. The Morgan fingerprint density at radius 2 is 1.79 bits per heavy atom. The van der Waals surface area contributed by atoms with Gasteiger partial charge in [0.15, 0.2) is 5.82 Å². The number of hydrogen-bond donors (Lipinski definition) is 1. The van der Waals surface area contributed by atoms with Gasteiger partial charge < -0.3 is 10.6 Å². The summed E-state index contributed by atoms with van der Waals surface area (Å²) in [5.74, 6) is 0.252. The molecule has 0 saturated carbocycles. The average Bonchev–Trinajstić information content (AvgIpc) is 2.90. The highest BCUT2D eigenvalue weighted by atomic mass is 19.1. The lowest BCUT2D eigenvalue weighted by molar-refractivity contribution is 0.163. The number of nitrogens with two attached hydrogens (primary N) is 1. The van der Waals surface area contributed by atoms with Gasteiger partial charge in [0.25, 0.3) is 0 Å². The van der Waals surface area contributed by atoms with Crippen molar-refractivity contribution in [2.45, 2.75) is 31.3 Å². The van der Waals surface area contributed by atoms with Gasteiger partial charge in [-0.05, 0) is 32.4 Å². The number of nitrogens with zero attached hydrogens (tertiary/aromatic N) is 4. The van der Waals surface area contributed by atoms with Crippen molar-refractivity contribution in [2.24, 2.45) is 5.73 Å². The third-order valence-electron chi connectivity index (χ3n) is 4.14. The van der Waals surface area contributed by atoms with E-state index in [9.17, 15) is 4.39 Å². The largest absolute Gasteiger partial charge is 0.339 e. The van der Waals surface area contributed by atoms with Gasteiger partial charge >= 0.3 is 0 Å². The van der Waals surface area contributed by atoms with Crippen LogP contribution in [0.25, 0.3) is 0 Å². The third-order valence-corrected chi connectivity index (χ3v) is 4.14. The summed E-state index contributed by atoms with van der Waals surface area (Å²) in [4.78, 5) is 12.8. The van der Waals surface area contributed by atoms with E-state index in [1.807, 2.05) is 0 Å². The number of halogens is 1. The first kappa shape index (κ1) is 12.7. The van der Waals surface area contributed by atoms with Crippen LogP contribution in [0.4, 0.5) is 10.3 Å². The Balaban J connectivity index is 1.59. The molecule has 1 atom stereocenters. The van der Waals surface area contributed by atoms with E-state index in [0.29, 0.717) is 18.0 Å². The molecular weight excluding hydrogens is 245 g/mol. The van der Waals surface area contributed by atoms with Crippen molar-refractivity contribution >= 4 is 5.95 Å². The van der Waals surface area contributed by atoms with Gasteiger partial charge in [0.1, 0.15) is 0 Å². The van der Waals surface area contributed by atoms with E-state index in [-0.39, 0.29) is 5.82 Å². The van der Waals surface area contributed by atoms with Crippen molar-refractivity contribution in [2.75, 3.05) is 31.1 Å². The summed E-state index contributed by atoms with van der Waals surface area (Å²) < 4.78 is 12.8. The molecule has 0 spiro atoms. The van der Waals surface area contributed by atoms with Crippen LogP contribution in [0.1, 0.15) is 19.3 Å². The minimum Gasteiger partial charge on any atom is -0.339 e. The van der Waals surface area contributed by atoms with Gasteiger partial charge in [0, 0.05) is 25.2 Å². The van der Waals surface area contributed by atoms with Crippen LogP contribution in [-0.4, -0.2) is 53.1 Å². The van der Waals surface area contributed by atoms with E-state index in [4.69, 9.17) is 5.73 Å². The summed E-state index contributed by atoms with van der Waals surface area (Å²) in [6.45, 7) is 4.05. The Morgan fingerprint density at radius 1 is 1.11 bits per heavy atom. The molecule has 1 aromatic rings. The molecule has 3 rings (SSSR count). The fraction of sp³-hybridized carbons (Fsp3) is 0.692.